The second-order valence-electron chi connectivity index (χ2n) is 10.3. The van der Waals surface area contributed by atoms with E-state index in [0.717, 1.165) is 29.5 Å². The zero-order valence-electron chi connectivity index (χ0n) is 23.2. The van der Waals surface area contributed by atoms with Crippen LogP contribution in [0.1, 0.15) is 58.6 Å². The number of piperidine rings is 1. The van der Waals surface area contributed by atoms with Crippen molar-refractivity contribution in [2.24, 2.45) is 0 Å². The highest BCUT2D eigenvalue weighted by atomic mass is 19.4. The van der Waals surface area contributed by atoms with Gasteiger partial charge in [0.1, 0.15) is 0 Å². The number of hydrogen-bond donors (Lipinski definition) is 0. The second-order valence-corrected chi connectivity index (χ2v) is 10.3. The number of hydrogen-bond acceptors (Lipinski definition) is 6. The van der Waals surface area contributed by atoms with Gasteiger partial charge in [0.05, 0.1) is 13.0 Å². The molecule has 1 aromatic heterocycles. The summed E-state index contributed by atoms with van der Waals surface area (Å²) in [5.41, 5.74) is 3.06. The molecule has 1 saturated heterocycles. The Hall–Kier alpha value is -4.40. The highest BCUT2D eigenvalue weighted by Crippen LogP contribution is 2.37. The third-order valence-electron chi connectivity index (χ3n) is 7.43. The van der Waals surface area contributed by atoms with Gasteiger partial charge in [-0.3, -0.25) is 9.59 Å². The van der Waals surface area contributed by atoms with Crippen molar-refractivity contribution in [1.29, 1.82) is 0 Å². The summed E-state index contributed by atoms with van der Waals surface area (Å²) in [6.45, 7) is 3.05. The lowest BCUT2D eigenvalue weighted by Crippen LogP contribution is -2.33. The van der Waals surface area contributed by atoms with Crippen LogP contribution in [0, 0.1) is 0 Å². The molecule has 5 rings (SSSR count). The molecule has 0 radical (unpaired) electrons. The van der Waals surface area contributed by atoms with E-state index < -0.39 is 23.4 Å². The maximum atomic E-state index is 13.9. The molecule has 42 heavy (non-hydrogen) atoms. The van der Waals surface area contributed by atoms with Gasteiger partial charge in [-0.05, 0) is 53.5 Å². The van der Waals surface area contributed by atoms with E-state index in [4.69, 9.17) is 9.15 Å². The molecule has 0 unspecified atom stereocenters. The maximum absolute atomic E-state index is 13.9. The van der Waals surface area contributed by atoms with Crippen LogP contribution >= 0.6 is 0 Å². The first kappa shape index (κ1) is 29.1. The fourth-order valence-electron chi connectivity index (χ4n) is 5.23. The Bertz CT molecular complexity index is 1510. The highest BCUT2D eigenvalue weighted by Gasteiger charge is 2.42. The van der Waals surface area contributed by atoms with Gasteiger partial charge in [-0.25, -0.2) is 0 Å². The number of aromatic nitrogens is 1. The molecule has 0 N–H and O–H groups in total. The molecule has 2 heterocycles. The summed E-state index contributed by atoms with van der Waals surface area (Å²) in [4.78, 5) is 30.2. The number of halogens is 3. The number of ether oxygens (including phenoxy) is 1. The molecule has 1 aliphatic rings. The predicted molar refractivity (Wildman–Crippen MR) is 152 cm³/mol. The van der Waals surface area contributed by atoms with E-state index in [1.165, 1.54) is 5.56 Å². The summed E-state index contributed by atoms with van der Waals surface area (Å²) in [5.74, 6) is -1.52. The first-order valence-electron chi connectivity index (χ1n) is 14.0. The quantitative estimate of drug-likeness (QED) is 0.154. The van der Waals surface area contributed by atoms with Crippen molar-refractivity contribution in [1.82, 2.24) is 4.98 Å². The van der Waals surface area contributed by atoms with Crippen molar-refractivity contribution >= 4 is 17.8 Å². The lowest BCUT2D eigenvalue weighted by Gasteiger charge is -2.31. The molecule has 218 valence electrons. The number of oxazole rings is 1. The van der Waals surface area contributed by atoms with Gasteiger partial charge in [-0.1, -0.05) is 78.9 Å². The van der Waals surface area contributed by atoms with Crippen molar-refractivity contribution in [3.63, 3.8) is 0 Å². The van der Waals surface area contributed by atoms with Crippen LogP contribution in [-0.4, -0.2) is 36.4 Å². The van der Waals surface area contributed by atoms with Crippen molar-refractivity contribution in [3.05, 3.63) is 107 Å². The number of nitrogens with zero attached hydrogens (tertiary/aromatic N) is 2. The zero-order chi connectivity index (χ0) is 29.7. The Balaban J connectivity index is 1.25. The molecular formula is C33H31F3N2O4. The van der Waals surface area contributed by atoms with Gasteiger partial charge >= 0.3 is 12.1 Å². The van der Waals surface area contributed by atoms with Gasteiger partial charge in [0, 0.05) is 19.5 Å². The highest BCUT2D eigenvalue weighted by molar-refractivity contribution is 5.96. The number of anilines is 1. The molecule has 1 aliphatic heterocycles. The van der Waals surface area contributed by atoms with Gasteiger partial charge in [0.15, 0.2) is 5.69 Å². The van der Waals surface area contributed by atoms with Crippen molar-refractivity contribution in [2.45, 2.75) is 44.7 Å². The van der Waals surface area contributed by atoms with Gasteiger partial charge in [-0.15, -0.1) is 0 Å². The SMILES string of the molecule is CCOC(=O)Cc1ccc(-c2ccc(CC(=O)c3oc(N4CCC(c5ccccc5)CC4)nc3C(F)(F)F)cc2)cc1. The van der Waals surface area contributed by atoms with E-state index in [1.54, 1.807) is 36.1 Å². The van der Waals surface area contributed by atoms with Gasteiger partial charge in [0.2, 0.25) is 11.5 Å². The van der Waals surface area contributed by atoms with E-state index in [1.807, 2.05) is 42.5 Å². The van der Waals surface area contributed by atoms with Crippen molar-refractivity contribution < 1.29 is 31.9 Å². The van der Waals surface area contributed by atoms with E-state index in [-0.39, 0.29) is 24.8 Å². The minimum atomic E-state index is -4.82. The molecule has 6 nitrogen and oxygen atoms in total. The number of carbonyl (C=O) groups excluding carboxylic acids is 2. The Morgan fingerprint density at radius 2 is 1.45 bits per heavy atom. The predicted octanol–water partition coefficient (Wildman–Crippen LogP) is 7.28. The summed E-state index contributed by atoms with van der Waals surface area (Å²) >= 11 is 0. The topological polar surface area (TPSA) is 72.6 Å². The van der Waals surface area contributed by atoms with Gasteiger partial charge < -0.3 is 14.1 Å². The smallest absolute Gasteiger partial charge is 0.437 e. The molecule has 4 aromatic rings. The van der Waals surface area contributed by atoms with E-state index in [0.29, 0.717) is 31.2 Å². The molecule has 0 spiro atoms. The second kappa shape index (κ2) is 12.6. The van der Waals surface area contributed by atoms with E-state index in [2.05, 4.69) is 17.1 Å². The Morgan fingerprint density at radius 1 is 0.881 bits per heavy atom. The van der Waals surface area contributed by atoms with Crippen LogP contribution in [0.4, 0.5) is 19.2 Å². The van der Waals surface area contributed by atoms with Crippen molar-refractivity contribution in [2.75, 3.05) is 24.6 Å². The zero-order valence-corrected chi connectivity index (χ0v) is 23.2. The number of rotatable bonds is 9. The largest absolute Gasteiger partial charge is 0.466 e. The third kappa shape index (κ3) is 6.90. The maximum Gasteiger partial charge on any atom is 0.437 e. The molecule has 0 bridgehead atoms. The fourth-order valence-corrected chi connectivity index (χ4v) is 5.23. The van der Waals surface area contributed by atoms with E-state index in [9.17, 15) is 22.8 Å². The molecular weight excluding hydrogens is 545 g/mol. The monoisotopic (exact) mass is 576 g/mol. The van der Waals surface area contributed by atoms with Gasteiger partial charge in [0.25, 0.3) is 6.01 Å². The molecule has 0 aliphatic carbocycles. The summed E-state index contributed by atoms with van der Waals surface area (Å²) in [6.07, 6.45) is -3.40. The fraction of sp³-hybridized carbons (Fsp3) is 0.303. The number of alkyl halides is 3. The number of Topliss-reactive ketones (excluding diaryl/α,β-unsaturated/α-hetero) is 1. The average Bonchev–Trinajstić information content (AvgIpc) is 3.46. The Labute approximate surface area is 242 Å². The summed E-state index contributed by atoms with van der Waals surface area (Å²) in [6, 6.07) is 24.3. The normalized spacial score (nSPS) is 14.1. The van der Waals surface area contributed by atoms with Crippen LogP contribution in [0.3, 0.4) is 0 Å². The van der Waals surface area contributed by atoms with Crippen LogP contribution in [0.5, 0.6) is 0 Å². The molecule has 0 atom stereocenters. The minimum absolute atomic E-state index is 0.168. The molecule has 0 amide bonds. The molecule has 3 aromatic carbocycles. The first-order chi connectivity index (χ1) is 20.2. The summed E-state index contributed by atoms with van der Waals surface area (Å²) in [5, 5.41) is 0. The number of esters is 1. The number of benzene rings is 3. The van der Waals surface area contributed by atoms with E-state index >= 15 is 0 Å². The summed E-state index contributed by atoms with van der Waals surface area (Å²) < 4.78 is 52.1. The molecule has 9 heteroatoms. The Kier molecular flexibility index (Phi) is 8.75. The average molecular weight is 577 g/mol. The molecule has 1 fully saturated rings. The third-order valence-corrected chi connectivity index (χ3v) is 7.43. The lowest BCUT2D eigenvalue weighted by molar-refractivity contribution is -0.142. The summed E-state index contributed by atoms with van der Waals surface area (Å²) in [7, 11) is 0. The standard InChI is InChI=1S/C33H31F3N2O4/c1-2-41-29(40)21-23-10-14-26(15-11-23)25-12-8-22(9-13-25)20-28(39)30-31(33(34,35)36)37-32(42-30)38-18-16-27(17-19-38)24-6-4-3-5-7-24/h3-15,27H,2,16-21H2,1H3. The van der Waals surface area contributed by atoms with Crippen LogP contribution in [0.2, 0.25) is 0 Å². The molecule has 0 saturated carbocycles. The lowest BCUT2D eigenvalue weighted by atomic mass is 9.90. The van der Waals surface area contributed by atoms with Crippen LogP contribution in [0.25, 0.3) is 11.1 Å². The van der Waals surface area contributed by atoms with Crippen molar-refractivity contribution in [3.8, 4) is 11.1 Å². The number of ketones is 1. The minimum Gasteiger partial charge on any atom is -0.466 e. The number of carbonyl (C=O) groups is 2. The van der Waals surface area contributed by atoms with Crippen LogP contribution in [-0.2, 0) is 28.5 Å². The first-order valence-corrected chi connectivity index (χ1v) is 14.0. The Morgan fingerprint density at radius 3 is 2.00 bits per heavy atom. The van der Waals surface area contributed by atoms with Gasteiger partial charge in [-0.2, -0.15) is 18.2 Å². The van der Waals surface area contributed by atoms with Crippen LogP contribution < -0.4 is 4.90 Å². The van der Waals surface area contributed by atoms with Crippen LogP contribution in [0.15, 0.2) is 83.3 Å².